The molecule has 1 unspecified atom stereocenters. The molecule has 0 radical (unpaired) electrons. The van der Waals surface area contributed by atoms with Crippen LogP contribution < -0.4 is 5.32 Å². The SMILES string of the molecule is CSCC(C)CNCc1ccc(Br)cc1Cl. The minimum atomic E-state index is 0.698. The standard InChI is InChI=1S/C12H17BrClNS/c1-9(8-16-2)6-15-7-10-3-4-11(13)5-12(10)14/h3-5,9,15H,6-8H2,1-2H3. The van der Waals surface area contributed by atoms with Crippen molar-refractivity contribution in [1.29, 1.82) is 0 Å². The van der Waals surface area contributed by atoms with E-state index in [-0.39, 0.29) is 0 Å². The normalized spacial score (nSPS) is 12.8. The minimum Gasteiger partial charge on any atom is -0.312 e. The summed E-state index contributed by atoms with van der Waals surface area (Å²) >= 11 is 11.4. The van der Waals surface area contributed by atoms with E-state index >= 15 is 0 Å². The van der Waals surface area contributed by atoms with Gasteiger partial charge in [-0.3, -0.25) is 0 Å². The van der Waals surface area contributed by atoms with Crippen molar-refractivity contribution in [2.75, 3.05) is 18.6 Å². The summed E-state index contributed by atoms with van der Waals surface area (Å²) in [5.74, 6) is 1.89. The van der Waals surface area contributed by atoms with E-state index in [1.165, 1.54) is 5.75 Å². The molecule has 0 bridgehead atoms. The van der Waals surface area contributed by atoms with Crippen molar-refractivity contribution in [2.45, 2.75) is 13.5 Å². The van der Waals surface area contributed by atoms with Crippen molar-refractivity contribution in [3.63, 3.8) is 0 Å². The van der Waals surface area contributed by atoms with Crippen LogP contribution in [0.1, 0.15) is 12.5 Å². The summed E-state index contributed by atoms with van der Waals surface area (Å²) in [6, 6.07) is 6.01. The van der Waals surface area contributed by atoms with Gasteiger partial charge in [-0.25, -0.2) is 0 Å². The molecule has 1 N–H and O–H groups in total. The first kappa shape index (κ1) is 14.4. The first-order chi connectivity index (χ1) is 7.63. The molecule has 0 aliphatic rings. The molecule has 1 rings (SSSR count). The van der Waals surface area contributed by atoms with Crippen LogP contribution in [-0.2, 0) is 6.54 Å². The van der Waals surface area contributed by atoms with E-state index in [1.54, 1.807) is 0 Å². The summed E-state index contributed by atoms with van der Waals surface area (Å²) in [5.41, 5.74) is 1.15. The Morgan fingerprint density at radius 1 is 1.50 bits per heavy atom. The maximum Gasteiger partial charge on any atom is 0.0462 e. The van der Waals surface area contributed by atoms with Crippen LogP contribution in [-0.4, -0.2) is 18.6 Å². The lowest BCUT2D eigenvalue weighted by Gasteiger charge is -2.12. The predicted molar refractivity (Wildman–Crippen MR) is 78.4 cm³/mol. The summed E-state index contributed by atoms with van der Waals surface area (Å²) in [7, 11) is 0. The molecule has 1 nitrogen and oxygen atoms in total. The van der Waals surface area contributed by atoms with Gasteiger partial charge in [0.25, 0.3) is 0 Å². The maximum absolute atomic E-state index is 6.13. The van der Waals surface area contributed by atoms with Crippen molar-refractivity contribution in [3.8, 4) is 0 Å². The number of halogens is 2. The second-order valence-electron chi connectivity index (χ2n) is 3.93. The van der Waals surface area contributed by atoms with E-state index in [1.807, 2.05) is 23.9 Å². The predicted octanol–water partition coefficient (Wildman–Crippen LogP) is 4.19. The molecule has 4 heteroatoms. The molecule has 1 aromatic rings. The van der Waals surface area contributed by atoms with Gasteiger partial charge in [-0.05, 0) is 42.2 Å². The number of benzene rings is 1. The molecule has 16 heavy (non-hydrogen) atoms. The Hall–Kier alpha value is 0.300. The second kappa shape index (κ2) is 7.59. The molecule has 0 spiro atoms. The fourth-order valence-corrected chi connectivity index (χ4v) is 2.89. The third kappa shape index (κ3) is 5.09. The Kier molecular flexibility index (Phi) is 6.81. The molecule has 0 saturated heterocycles. The summed E-state index contributed by atoms with van der Waals surface area (Å²) < 4.78 is 1.03. The summed E-state index contributed by atoms with van der Waals surface area (Å²) in [4.78, 5) is 0. The van der Waals surface area contributed by atoms with Gasteiger partial charge in [0.15, 0.2) is 0 Å². The van der Waals surface area contributed by atoms with E-state index in [0.717, 1.165) is 28.1 Å². The molecule has 0 fully saturated rings. The molecular weight excluding hydrogens is 306 g/mol. The van der Waals surface area contributed by atoms with E-state index < -0.39 is 0 Å². The van der Waals surface area contributed by atoms with E-state index in [4.69, 9.17) is 11.6 Å². The summed E-state index contributed by atoms with van der Waals surface area (Å²) in [6.07, 6.45) is 2.14. The average Bonchev–Trinajstić information content (AvgIpc) is 2.22. The van der Waals surface area contributed by atoms with Crippen LogP contribution in [0, 0.1) is 5.92 Å². The molecule has 90 valence electrons. The smallest absolute Gasteiger partial charge is 0.0462 e. The van der Waals surface area contributed by atoms with Crippen molar-refractivity contribution in [2.24, 2.45) is 5.92 Å². The van der Waals surface area contributed by atoms with Crippen molar-refractivity contribution < 1.29 is 0 Å². The second-order valence-corrected chi connectivity index (χ2v) is 6.16. The van der Waals surface area contributed by atoms with Crippen LogP contribution in [0.25, 0.3) is 0 Å². The molecular formula is C12H17BrClNS. The number of hydrogen-bond acceptors (Lipinski definition) is 2. The van der Waals surface area contributed by atoms with Gasteiger partial charge in [0.2, 0.25) is 0 Å². The molecule has 0 aromatic heterocycles. The molecule has 0 aliphatic carbocycles. The Morgan fingerprint density at radius 2 is 2.25 bits per heavy atom. The monoisotopic (exact) mass is 321 g/mol. The third-order valence-corrected chi connectivity index (χ3v) is 4.02. The van der Waals surface area contributed by atoms with Crippen molar-refractivity contribution >= 4 is 39.3 Å². The number of rotatable bonds is 6. The van der Waals surface area contributed by atoms with E-state index in [0.29, 0.717) is 5.92 Å². The Morgan fingerprint density at radius 3 is 2.88 bits per heavy atom. The largest absolute Gasteiger partial charge is 0.312 e. The van der Waals surface area contributed by atoms with Crippen LogP contribution in [0.15, 0.2) is 22.7 Å². The zero-order valence-corrected chi connectivity index (χ0v) is 12.8. The van der Waals surface area contributed by atoms with Crippen LogP contribution in [0.4, 0.5) is 0 Å². The van der Waals surface area contributed by atoms with E-state index in [9.17, 15) is 0 Å². The number of hydrogen-bond donors (Lipinski definition) is 1. The van der Waals surface area contributed by atoms with Crippen molar-refractivity contribution in [3.05, 3.63) is 33.3 Å². The highest BCUT2D eigenvalue weighted by Gasteiger charge is 2.03. The van der Waals surface area contributed by atoms with Gasteiger partial charge in [0.1, 0.15) is 0 Å². The topological polar surface area (TPSA) is 12.0 Å². The van der Waals surface area contributed by atoms with Gasteiger partial charge in [0, 0.05) is 16.0 Å². The first-order valence-electron chi connectivity index (χ1n) is 5.27. The van der Waals surface area contributed by atoms with Crippen LogP contribution >= 0.6 is 39.3 Å². The van der Waals surface area contributed by atoms with Gasteiger partial charge in [-0.15, -0.1) is 0 Å². The molecule has 0 amide bonds. The molecule has 0 heterocycles. The van der Waals surface area contributed by atoms with Crippen LogP contribution in [0.2, 0.25) is 5.02 Å². The highest BCUT2D eigenvalue weighted by molar-refractivity contribution is 9.10. The van der Waals surface area contributed by atoms with Gasteiger partial charge < -0.3 is 5.32 Å². The highest BCUT2D eigenvalue weighted by Crippen LogP contribution is 2.21. The number of nitrogens with one attached hydrogen (secondary N) is 1. The average molecular weight is 323 g/mol. The lowest BCUT2D eigenvalue weighted by molar-refractivity contribution is 0.559. The number of thioether (sulfide) groups is 1. The molecule has 0 saturated carbocycles. The summed E-state index contributed by atoms with van der Waals surface area (Å²) in [5, 5.41) is 4.25. The molecule has 1 aromatic carbocycles. The lowest BCUT2D eigenvalue weighted by Crippen LogP contribution is -2.22. The van der Waals surface area contributed by atoms with Gasteiger partial charge in [0.05, 0.1) is 0 Å². The Balaban J connectivity index is 2.37. The van der Waals surface area contributed by atoms with Gasteiger partial charge in [-0.2, -0.15) is 11.8 Å². The first-order valence-corrected chi connectivity index (χ1v) is 7.83. The zero-order chi connectivity index (χ0) is 12.0. The Bertz CT molecular complexity index is 333. The zero-order valence-electron chi connectivity index (χ0n) is 9.59. The van der Waals surface area contributed by atoms with Gasteiger partial charge in [-0.1, -0.05) is 40.5 Å². The fraction of sp³-hybridized carbons (Fsp3) is 0.500. The van der Waals surface area contributed by atoms with Crippen molar-refractivity contribution in [1.82, 2.24) is 5.32 Å². The fourth-order valence-electron chi connectivity index (χ4n) is 1.46. The Labute approximate surface area is 115 Å². The molecule has 0 aliphatic heterocycles. The van der Waals surface area contributed by atoms with Crippen LogP contribution in [0.5, 0.6) is 0 Å². The lowest BCUT2D eigenvalue weighted by atomic mass is 10.2. The highest BCUT2D eigenvalue weighted by atomic mass is 79.9. The quantitative estimate of drug-likeness (QED) is 0.843. The maximum atomic E-state index is 6.13. The van der Waals surface area contributed by atoms with Crippen LogP contribution in [0.3, 0.4) is 0 Å². The van der Waals surface area contributed by atoms with E-state index in [2.05, 4.69) is 40.5 Å². The summed E-state index contributed by atoms with van der Waals surface area (Å²) in [6.45, 7) is 4.13. The minimum absolute atomic E-state index is 0.698. The van der Waals surface area contributed by atoms with Gasteiger partial charge >= 0.3 is 0 Å². The molecule has 1 atom stereocenters. The third-order valence-electron chi connectivity index (χ3n) is 2.27.